The molecular formula is C23H19FN4O5S. The molecule has 0 unspecified atom stereocenters. The van der Waals surface area contributed by atoms with Crippen molar-refractivity contribution in [3.05, 3.63) is 58.1 Å². The number of aromatic nitrogens is 1. The minimum atomic E-state index is -4.28. The number of nitrogens with one attached hydrogen (secondary N) is 1. The molecule has 0 saturated heterocycles. The van der Waals surface area contributed by atoms with E-state index in [-0.39, 0.29) is 45.6 Å². The summed E-state index contributed by atoms with van der Waals surface area (Å²) in [5, 5.41) is 22.5. The predicted octanol–water partition coefficient (Wildman–Crippen LogP) is 3.11. The van der Waals surface area contributed by atoms with Crippen LogP contribution in [0.2, 0.25) is 0 Å². The molecule has 174 valence electrons. The summed E-state index contributed by atoms with van der Waals surface area (Å²) >= 11 is 0. The third-order valence-corrected chi connectivity index (χ3v) is 7.42. The topological polar surface area (TPSA) is 134 Å². The molecule has 0 bridgehead atoms. The highest BCUT2D eigenvalue weighted by molar-refractivity contribution is 7.90. The number of benzene rings is 2. The number of aromatic hydroxyl groups is 1. The fraction of sp³-hybridized carbons (Fsp3) is 0.261. The Morgan fingerprint density at radius 2 is 2.06 bits per heavy atom. The number of fused-ring (bicyclic) bond motifs is 2. The van der Waals surface area contributed by atoms with E-state index in [0.29, 0.717) is 12.1 Å². The maximum absolute atomic E-state index is 14.0. The van der Waals surface area contributed by atoms with Crippen molar-refractivity contribution in [2.24, 2.45) is 10.3 Å². The SMILES string of the molecule is N#CCOc1ccc2c(c1)S(=O)(=O)N=C(c1c(O)c3cc(F)ccc3n(CC3CCC3)c1=O)N2. The summed E-state index contributed by atoms with van der Waals surface area (Å²) in [4.78, 5) is 13.3. The van der Waals surface area contributed by atoms with Crippen LogP contribution >= 0.6 is 0 Å². The number of nitriles is 1. The van der Waals surface area contributed by atoms with Gasteiger partial charge in [0.1, 0.15) is 33.8 Å². The molecule has 0 spiro atoms. The van der Waals surface area contributed by atoms with Crippen LogP contribution in [0.25, 0.3) is 10.9 Å². The first-order valence-electron chi connectivity index (χ1n) is 10.6. The van der Waals surface area contributed by atoms with Crippen LogP contribution in [0.3, 0.4) is 0 Å². The first-order chi connectivity index (χ1) is 16.3. The zero-order valence-corrected chi connectivity index (χ0v) is 18.6. The van der Waals surface area contributed by atoms with Gasteiger partial charge in [-0.3, -0.25) is 4.79 Å². The first-order valence-corrected chi connectivity index (χ1v) is 12.0. The number of pyridine rings is 1. The van der Waals surface area contributed by atoms with Crippen LogP contribution in [0.5, 0.6) is 11.5 Å². The lowest BCUT2D eigenvalue weighted by molar-refractivity contribution is 0.277. The molecule has 2 aromatic carbocycles. The highest BCUT2D eigenvalue weighted by Crippen LogP contribution is 2.35. The van der Waals surface area contributed by atoms with Crippen LogP contribution < -0.4 is 15.6 Å². The predicted molar refractivity (Wildman–Crippen MR) is 122 cm³/mol. The first kappa shape index (κ1) is 21.9. The summed E-state index contributed by atoms with van der Waals surface area (Å²) in [5.41, 5.74) is -0.490. The number of nitrogens with zero attached hydrogens (tertiary/aromatic N) is 3. The number of sulfonamides is 1. The minimum absolute atomic E-state index is 0.0851. The number of hydrogen-bond acceptors (Lipinski definition) is 7. The Balaban J connectivity index is 1.68. The molecule has 2 heterocycles. The number of anilines is 1. The molecule has 0 atom stereocenters. The quantitative estimate of drug-likeness (QED) is 0.571. The van der Waals surface area contributed by atoms with Gasteiger partial charge in [0.2, 0.25) is 0 Å². The van der Waals surface area contributed by atoms with Crippen molar-refractivity contribution in [1.29, 1.82) is 5.26 Å². The van der Waals surface area contributed by atoms with Crippen LogP contribution in [0, 0.1) is 23.1 Å². The van der Waals surface area contributed by atoms with Gasteiger partial charge in [0.05, 0.1) is 11.2 Å². The van der Waals surface area contributed by atoms with E-state index in [2.05, 4.69) is 9.71 Å². The molecule has 1 aromatic heterocycles. The van der Waals surface area contributed by atoms with Gasteiger partial charge in [0.15, 0.2) is 12.4 Å². The zero-order valence-electron chi connectivity index (χ0n) is 17.8. The van der Waals surface area contributed by atoms with Gasteiger partial charge in [-0.15, -0.1) is 4.40 Å². The van der Waals surface area contributed by atoms with E-state index in [9.17, 15) is 22.7 Å². The molecule has 2 aliphatic rings. The molecule has 34 heavy (non-hydrogen) atoms. The second-order valence-corrected chi connectivity index (χ2v) is 9.82. The maximum atomic E-state index is 14.0. The molecule has 9 nitrogen and oxygen atoms in total. The largest absolute Gasteiger partial charge is 0.506 e. The van der Waals surface area contributed by atoms with E-state index in [1.54, 1.807) is 6.07 Å². The number of ether oxygens (including phenoxy) is 1. The van der Waals surface area contributed by atoms with Crippen molar-refractivity contribution in [1.82, 2.24) is 4.57 Å². The lowest BCUT2D eigenvalue weighted by Crippen LogP contribution is -2.34. The highest BCUT2D eigenvalue weighted by Gasteiger charge is 2.31. The molecule has 5 rings (SSSR count). The van der Waals surface area contributed by atoms with E-state index in [1.807, 2.05) is 0 Å². The Kier molecular flexibility index (Phi) is 5.25. The van der Waals surface area contributed by atoms with Crippen LogP contribution in [0.15, 0.2) is 50.5 Å². The van der Waals surface area contributed by atoms with Crippen molar-refractivity contribution >= 4 is 32.4 Å². The Labute approximate surface area is 193 Å². The molecular weight excluding hydrogens is 463 g/mol. The number of rotatable bonds is 5. The van der Waals surface area contributed by atoms with Gasteiger partial charge in [0, 0.05) is 18.0 Å². The minimum Gasteiger partial charge on any atom is -0.506 e. The van der Waals surface area contributed by atoms with Gasteiger partial charge in [-0.2, -0.15) is 13.7 Å². The van der Waals surface area contributed by atoms with Crippen molar-refractivity contribution in [2.45, 2.75) is 30.7 Å². The third-order valence-electron chi connectivity index (χ3n) is 6.10. The molecule has 1 saturated carbocycles. The lowest BCUT2D eigenvalue weighted by Gasteiger charge is -2.27. The van der Waals surface area contributed by atoms with Crippen LogP contribution in [0.4, 0.5) is 10.1 Å². The highest BCUT2D eigenvalue weighted by atomic mass is 32.2. The van der Waals surface area contributed by atoms with Gasteiger partial charge in [0.25, 0.3) is 15.6 Å². The standard InChI is InChI=1S/C23H19FN4O5S/c24-14-4-7-18-16(10-14)21(29)20(23(30)28(18)12-13-2-1-3-13)22-26-17-6-5-15(33-9-8-25)11-19(17)34(31,32)27-22/h4-7,10-11,13,29H,1-3,9,12H2,(H,26,27). The monoisotopic (exact) mass is 482 g/mol. The summed E-state index contributed by atoms with van der Waals surface area (Å²) in [6, 6.07) is 9.65. The van der Waals surface area contributed by atoms with Crippen molar-refractivity contribution in [2.75, 3.05) is 11.9 Å². The molecule has 11 heteroatoms. The Morgan fingerprint density at radius 3 is 2.76 bits per heavy atom. The Bertz CT molecular complexity index is 1570. The van der Waals surface area contributed by atoms with E-state index in [4.69, 9.17) is 10.00 Å². The second kappa shape index (κ2) is 8.14. The summed E-state index contributed by atoms with van der Waals surface area (Å²) < 4.78 is 50.3. The van der Waals surface area contributed by atoms with Crippen LogP contribution in [0.1, 0.15) is 24.8 Å². The average molecular weight is 482 g/mol. The summed E-state index contributed by atoms with van der Waals surface area (Å²) in [6.45, 7) is 0.104. The molecule has 1 aliphatic carbocycles. The normalized spacial score (nSPS) is 16.6. The second-order valence-electron chi connectivity index (χ2n) is 8.24. The molecule has 0 amide bonds. The van der Waals surface area contributed by atoms with E-state index in [1.165, 1.54) is 34.9 Å². The van der Waals surface area contributed by atoms with E-state index in [0.717, 1.165) is 25.3 Å². The maximum Gasteiger partial charge on any atom is 0.286 e. The molecule has 1 aliphatic heterocycles. The fourth-order valence-electron chi connectivity index (χ4n) is 4.19. The van der Waals surface area contributed by atoms with Gasteiger partial charge < -0.3 is 19.7 Å². The lowest BCUT2D eigenvalue weighted by atomic mass is 9.85. The average Bonchev–Trinajstić information content (AvgIpc) is 2.76. The zero-order chi connectivity index (χ0) is 24.0. The van der Waals surface area contributed by atoms with E-state index >= 15 is 0 Å². The van der Waals surface area contributed by atoms with E-state index < -0.39 is 27.1 Å². The summed E-state index contributed by atoms with van der Waals surface area (Å²) in [6.07, 6.45) is 2.95. The molecule has 2 N–H and O–H groups in total. The number of halogens is 1. The smallest absolute Gasteiger partial charge is 0.286 e. The van der Waals surface area contributed by atoms with Crippen molar-refractivity contribution in [3.8, 4) is 17.6 Å². The van der Waals surface area contributed by atoms with Crippen molar-refractivity contribution < 1.29 is 22.7 Å². The van der Waals surface area contributed by atoms with Gasteiger partial charge in [-0.25, -0.2) is 4.39 Å². The third kappa shape index (κ3) is 3.66. The van der Waals surface area contributed by atoms with Gasteiger partial charge >= 0.3 is 0 Å². The Hall–Kier alpha value is -3.91. The van der Waals surface area contributed by atoms with Gasteiger partial charge in [-0.1, -0.05) is 6.42 Å². The molecule has 3 aromatic rings. The number of hydrogen-bond donors (Lipinski definition) is 2. The van der Waals surface area contributed by atoms with Crippen LogP contribution in [-0.2, 0) is 16.6 Å². The van der Waals surface area contributed by atoms with Gasteiger partial charge in [-0.05, 0) is 49.1 Å². The summed E-state index contributed by atoms with van der Waals surface area (Å²) in [7, 11) is -4.28. The fourth-order valence-corrected chi connectivity index (χ4v) is 5.33. The van der Waals surface area contributed by atoms with Crippen LogP contribution in [-0.4, -0.2) is 30.5 Å². The summed E-state index contributed by atoms with van der Waals surface area (Å²) in [5.74, 6) is -1.08. The molecule has 0 radical (unpaired) electrons. The Morgan fingerprint density at radius 1 is 1.26 bits per heavy atom. The molecule has 1 fully saturated rings. The number of amidine groups is 1. The van der Waals surface area contributed by atoms with Crippen molar-refractivity contribution in [3.63, 3.8) is 0 Å².